The maximum Gasteiger partial charge on any atom is 0.157 e. The normalized spacial score (nSPS) is 11.3. The third-order valence-corrected chi connectivity index (χ3v) is 3.10. The first-order valence-corrected chi connectivity index (χ1v) is 6.62. The van der Waals surface area contributed by atoms with E-state index in [0.29, 0.717) is 5.92 Å². The molecule has 3 heteroatoms. The van der Waals surface area contributed by atoms with Gasteiger partial charge in [0.25, 0.3) is 0 Å². The van der Waals surface area contributed by atoms with E-state index in [0.717, 1.165) is 29.0 Å². The van der Waals surface area contributed by atoms with Crippen LogP contribution in [0, 0.1) is 5.92 Å². The number of nitrogens with one attached hydrogen (secondary N) is 1. The molecule has 3 nitrogen and oxygen atoms in total. The molecule has 0 amide bonds. The molecule has 0 saturated heterocycles. The van der Waals surface area contributed by atoms with Crippen LogP contribution < -0.4 is 0 Å². The van der Waals surface area contributed by atoms with Crippen LogP contribution in [0.4, 0.5) is 0 Å². The predicted octanol–water partition coefficient (Wildman–Crippen LogP) is 3.82. The van der Waals surface area contributed by atoms with Crippen molar-refractivity contribution in [3.05, 3.63) is 48.2 Å². The molecular weight excluding hydrogens is 234 g/mol. The number of imidazole rings is 1. The molecule has 0 saturated carbocycles. The highest BCUT2D eigenvalue weighted by Gasteiger charge is 2.07. The summed E-state index contributed by atoms with van der Waals surface area (Å²) in [6.45, 7) is 4.47. The van der Waals surface area contributed by atoms with Crippen molar-refractivity contribution in [2.75, 3.05) is 0 Å². The summed E-state index contributed by atoms with van der Waals surface area (Å²) in [5.41, 5.74) is 4.30. The minimum absolute atomic E-state index is 0.663. The predicted molar refractivity (Wildman–Crippen MR) is 77.9 cm³/mol. The molecule has 3 aromatic rings. The van der Waals surface area contributed by atoms with Crippen molar-refractivity contribution in [2.45, 2.75) is 20.3 Å². The molecule has 0 radical (unpaired) electrons. The van der Waals surface area contributed by atoms with E-state index in [1.807, 2.05) is 18.2 Å². The van der Waals surface area contributed by atoms with Crippen LogP contribution in [0.25, 0.3) is 22.6 Å². The van der Waals surface area contributed by atoms with Gasteiger partial charge >= 0.3 is 0 Å². The Morgan fingerprint density at radius 3 is 2.79 bits per heavy atom. The van der Waals surface area contributed by atoms with Gasteiger partial charge in [0.2, 0.25) is 0 Å². The highest BCUT2D eigenvalue weighted by Crippen LogP contribution is 2.20. The van der Waals surface area contributed by atoms with Gasteiger partial charge in [-0.25, -0.2) is 4.98 Å². The molecule has 1 aromatic carbocycles. The summed E-state index contributed by atoms with van der Waals surface area (Å²) in [4.78, 5) is 12.3. The van der Waals surface area contributed by atoms with Gasteiger partial charge in [-0.3, -0.25) is 4.98 Å². The SMILES string of the molecule is CC(C)Cc1ccc2nc(-c3ccccn3)[nH]c2c1. The minimum Gasteiger partial charge on any atom is -0.337 e. The summed E-state index contributed by atoms with van der Waals surface area (Å²) in [6.07, 6.45) is 2.88. The third-order valence-electron chi connectivity index (χ3n) is 3.10. The van der Waals surface area contributed by atoms with Crippen LogP contribution in [0.15, 0.2) is 42.6 Å². The summed E-state index contributed by atoms with van der Waals surface area (Å²) in [7, 11) is 0. The molecule has 19 heavy (non-hydrogen) atoms. The van der Waals surface area contributed by atoms with Crippen LogP contribution in [-0.2, 0) is 6.42 Å². The van der Waals surface area contributed by atoms with Gasteiger partial charge in [-0.2, -0.15) is 0 Å². The van der Waals surface area contributed by atoms with Gasteiger partial charge in [0, 0.05) is 6.20 Å². The van der Waals surface area contributed by atoms with Crippen LogP contribution in [-0.4, -0.2) is 15.0 Å². The van der Waals surface area contributed by atoms with Gasteiger partial charge < -0.3 is 4.98 Å². The second-order valence-corrected chi connectivity index (χ2v) is 5.25. The second kappa shape index (κ2) is 4.84. The second-order valence-electron chi connectivity index (χ2n) is 5.25. The first kappa shape index (κ1) is 11.9. The lowest BCUT2D eigenvalue weighted by molar-refractivity contribution is 0.648. The zero-order valence-electron chi connectivity index (χ0n) is 11.2. The molecule has 0 bridgehead atoms. The van der Waals surface area contributed by atoms with E-state index in [9.17, 15) is 0 Å². The molecule has 96 valence electrons. The summed E-state index contributed by atoms with van der Waals surface area (Å²) in [6, 6.07) is 12.3. The fraction of sp³-hybridized carbons (Fsp3) is 0.250. The summed E-state index contributed by atoms with van der Waals surface area (Å²) >= 11 is 0. The molecule has 1 N–H and O–H groups in total. The minimum atomic E-state index is 0.663. The van der Waals surface area contributed by atoms with Gasteiger partial charge in [-0.1, -0.05) is 26.0 Å². The Kier molecular flexibility index (Phi) is 3.03. The number of H-pyrrole nitrogens is 1. The number of fused-ring (bicyclic) bond motifs is 1. The Balaban J connectivity index is 2.01. The number of rotatable bonds is 3. The van der Waals surface area contributed by atoms with Gasteiger partial charge in [-0.15, -0.1) is 0 Å². The molecule has 0 fully saturated rings. The van der Waals surface area contributed by atoms with Gasteiger partial charge in [0.15, 0.2) is 5.82 Å². The fourth-order valence-corrected chi connectivity index (χ4v) is 2.28. The quantitative estimate of drug-likeness (QED) is 0.768. The van der Waals surface area contributed by atoms with Crippen LogP contribution in [0.2, 0.25) is 0 Å². The maximum atomic E-state index is 4.59. The average molecular weight is 251 g/mol. The number of hydrogen-bond acceptors (Lipinski definition) is 2. The summed E-state index contributed by atoms with van der Waals surface area (Å²) < 4.78 is 0. The van der Waals surface area contributed by atoms with E-state index in [1.165, 1.54) is 5.56 Å². The first-order valence-electron chi connectivity index (χ1n) is 6.62. The van der Waals surface area contributed by atoms with E-state index in [4.69, 9.17) is 0 Å². The van der Waals surface area contributed by atoms with E-state index in [2.05, 4.69) is 47.0 Å². The Hall–Kier alpha value is -2.16. The Morgan fingerprint density at radius 2 is 2.05 bits per heavy atom. The molecular formula is C16H17N3. The lowest BCUT2D eigenvalue weighted by Gasteiger charge is -2.03. The molecule has 2 aromatic heterocycles. The van der Waals surface area contributed by atoms with Crippen molar-refractivity contribution >= 4 is 11.0 Å². The molecule has 0 atom stereocenters. The van der Waals surface area contributed by atoms with Crippen molar-refractivity contribution in [2.24, 2.45) is 5.92 Å². The fourth-order valence-electron chi connectivity index (χ4n) is 2.28. The van der Waals surface area contributed by atoms with Crippen LogP contribution in [0.5, 0.6) is 0 Å². The van der Waals surface area contributed by atoms with Crippen molar-refractivity contribution in [3.63, 3.8) is 0 Å². The van der Waals surface area contributed by atoms with E-state index in [-0.39, 0.29) is 0 Å². The zero-order valence-corrected chi connectivity index (χ0v) is 11.2. The average Bonchev–Trinajstić information content (AvgIpc) is 2.82. The topological polar surface area (TPSA) is 41.6 Å². The largest absolute Gasteiger partial charge is 0.337 e. The van der Waals surface area contributed by atoms with Crippen LogP contribution in [0.3, 0.4) is 0 Å². The number of aromatic nitrogens is 3. The van der Waals surface area contributed by atoms with Crippen molar-refractivity contribution in [1.82, 2.24) is 15.0 Å². The van der Waals surface area contributed by atoms with Crippen LogP contribution in [0.1, 0.15) is 19.4 Å². The van der Waals surface area contributed by atoms with Gasteiger partial charge in [0.1, 0.15) is 5.69 Å². The number of aromatic amines is 1. The van der Waals surface area contributed by atoms with Crippen molar-refractivity contribution < 1.29 is 0 Å². The summed E-state index contributed by atoms with van der Waals surface area (Å²) in [5, 5.41) is 0. The lowest BCUT2D eigenvalue weighted by Crippen LogP contribution is -1.93. The Morgan fingerprint density at radius 1 is 1.16 bits per heavy atom. The molecule has 3 rings (SSSR count). The Labute approximate surface area is 112 Å². The zero-order chi connectivity index (χ0) is 13.2. The first-order chi connectivity index (χ1) is 9.22. The van der Waals surface area contributed by atoms with Gasteiger partial charge in [0.05, 0.1) is 11.0 Å². The van der Waals surface area contributed by atoms with E-state index < -0.39 is 0 Å². The molecule has 2 heterocycles. The van der Waals surface area contributed by atoms with E-state index in [1.54, 1.807) is 6.20 Å². The highest BCUT2D eigenvalue weighted by atomic mass is 14.9. The number of pyridine rings is 1. The van der Waals surface area contributed by atoms with Crippen LogP contribution >= 0.6 is 0 Å². The van der Waals surface area contributed by atoms with Crippen molar-refractivity contribution in [1.29, 1.82) is 0 Å². The molecule has 0 aliphatic rings. The Bertz CT molecular complexity index is 684. The highest BCUT2D eigenvalue weighted by molar-refractivity contribution is 5.79. The monoisotopic (exact) mass is 251 g/mol. The van der Waals surface area contributed by atoms with E-state index >= 15 is 0 Å². The summed E-state index contributed by atoms with van der Waals surface area (Å²) in [5.74, 6) is 1.49. The van der Waals surface area contributed by atoms with Crippen molar-refractivity contribution in [3.8, 4) is 11.5 Å². The molecule has 0 aliphatic heterocycles. The van der Waals surface area contributed by atoms with Gasteiger partial charge in [-0.05, 0) is 42.2 Å². The smallest absolute Gasteiger partial charge is 0.157 e. The molecule has 0 spiro atoms. The molecule has 0 aliphatic carbocycles. The number of benzene rings is 1. The standard InChI is InChI=1S/C16H17N3/c1-11(2)9-12-6-7-13-15(10-12)19-16(18-13)14-5-3-4-8-17-14/h3-8,10-11H,9H2,1-2H3,(H,18,19). The maximum absolute atomic E-state index is 4.59. The number of hydrogen-bond donors (Lipinski definition) is 1. The number of nitrogens with zero attached hydrogens (tertiary/aromatic N) is 2. The third kappa shape index (κ3) is 2.50. The molecule has 0 unspecified atom stereocenters. The lowest BCUT2D eigenvalue weighted by atomic mass is 10.0.